The van der Waals surface area contributed by atoms with Gasteiger partial charge in [0.2, 0.25) is 15.9 Å². The van der Waals surface area contributed by atoms with E-state index < -0.39 is 10.0 Å². The fourth-order valence-electron chi connectivity index (χ4n) is 4.08. The van der Waals surface area contributed by atoms with Gasteiger partial charge in [-0.2, -0.15) is 4.31 Å². The van der Waals surface area contributed by atoms with E-state index in [-0.39, 0.29) is 36.1 Å². The van der Waals surface area contributed by atoms with Gasteiger partial charge in [-0.3, -0.25) is 4.79 Å². The molecule has 1 aliphatic heterocycles. The average molecular weight is 495 g/mol. The highest BCUT2D eigenvalue weighted by Gasteiger charge is 2.30. The maximum Gasteiger partial charge on any atom is 0.246 e. The zero-order chi connectivity index (χ0) is 24.7. The summed E-state index contributed by atoms with van der Waals surface area (Å²) in [6.45, 7) is 2.21. The van der Waals surface area contributed by atoms with Crippen LogP contribution in [0, 0.1) is 0 Å². The van der Waals surface area contributed by atoms with Gasteiger partial charge in [-0.05, 0) is 28.8 Å². The summed E-state index contributed by atoms with van der Waals surface area (Å²) in [5.74, 6) is 0.177. The number of carbonyl (C=O) groups excluding carboxylic acids is 1. The van der Waals surface area contributed by atoms with E-state index in [1.807, 2.05) is 60.7 Å². The summed E-state index contributed by atoms with van der Waals surface area (Å²) < 4.78 is 38.7. The Kier molecular flexibility index (Phi) is 8.17. The molecule has 0 aromatic heterocycles. The van der Waals surface area contributed by atoms with Crippen LogP contribution in [0.25, 0.3) is 0 Å². The van der Waals surface area contributed by atoms with E-state index in [9.17, 15) is 13.2 Å². The molecule has 0 spiro atoms. The molecule has 0 bridgehead atoms. The normalized spacial score (nSPS) is 14.4. The van der Waals surface area contributed by atoms with Gasteiger partial charge in [0, 0.05) is 26.2 Å². The second kappa shape index (κ2) is 11.5. The summed E-state index contributed by atoms with van der Waals surface area (Å²) >= 11 is 0. The number of morpholine rings is 1. The second-order valence-corrected chi connectivity index (χ2v) is 10.3. The van der Waals surface area contributed by atoms with Gasteiger partial charge in [-0.25, -0.2) is 8.42 Å². The summed E-state index contributed by atoms with van der Waals surface area (Å²) in [7, 11) is -2.33. The van der Waals surface area contributed by atoms with Crippen LogP contribution in [-0.4, -0.2) is 56.9 Å². The number of carbonyl (C=O) groups is 1. The predicted molar refractivity (Wildman–Crippen MR) is 133 cm³/mol. The molecule has 0 unspecified atom stereocenters. The minimum Gasteiger partial charge on any atom is -0.495 e. The van der Waals surface area contributed by atoms with Crippen LogP contribution in [0.15, 0.2) is 83.8 Å². The van der Waals surface area contributed by atoms with E-state index in [0.717, 1.165) is 11.1 Å². The monoisotopic (exact) mass is 494 g/mol. The molecule has 7 nitrogen and oxygen atoms in total. The number of rotatable bonds is 9. The van der Waals surface area contributed by atoms with Crippen molar-refractivity contribution in [2.75, 3.05) is 33.4 Å². The van der Waals surface area contributed by atoms with Gasteiger partial charge in [0.05, 0.1) is 26.7 Å². The summed E-state index contributed by atoms with van der Waals surface area (Å²) in [4.78, 5) is 15.3. The molecule has 35 heavy (non-hydrogen) atoms. The van der Waals surface area contributed by atoms with Crippen molar-refractivity contribution in [3.8, 4) is 5.75 Å². The Morgan fingerprint density at radius 2 is 1.46 bits per heavy atom. The molecule has 0 saturated carbocycles. The van der Waals surface area contributed by atoms with E-state index in [2.05, 4.69) is 0 Å². The van der Waals surface area contributed by atoms with Gasteiger partial charge >= 0.3 is 0 Å². The largest absolute Gasteiger partial charge is 0.495 e. The Balaban J connectivity index is 1.59. The van der Waals surface area contributed by atoms with Crippen molar-refractivity contribution >= 4 is 15.9 Å². The smallest absolute Gasteiger partial charge is 0.246 e. The molecule has 0 N–H and O–H groups in total. The fourth-order valence-corrected chi connectivity index (χ4v) is 5.70. The van der Waals surface area contributed by atoms with Crippen LogP contribution >= 0.6 is 0 Å². The Hall–Kier alpha value is -3.20. The Morgan fingerprint density at radius 1 is 0.886 bits per heavy atom. The molecule has 0 atom stereocenters. The van der Waals surface area contributed by atoms with Crippen molar-refractivity contribution in [2.45, 2.75) is 24.4 Å². The number of nitrogens with zero attached hydrogens (tertiary/aromatic N) is 2. The minimum absolute atomic E-state index is 0.0740. The predicted octanol–water partition coefficient (Wildman–Crippen LogP) is 3.49. The van der Waals surface area contributed by atoms with Crippen molar-refractivity contribution in [1.82, 2.24) is 9.21 Å². The molecule has 1 saturated heterocycles. The van der Waals surface area contributed by atoms with Crippen LogP contribution in [0.4, 0.5) is 0 Å². The molecular weight excluding hydrogens is 464 g/mol. The van der Waals surface area contributed by atoms with Gasteiger partial charge in [-0.15, -0.1) is 0 Å². The highest BCUT2D eigenvalue weighted by Crippen LogP contribution is 2.29. The van der Waals surface area contributed by atoms with Crippen molar-refractivity contribution in [3.05, 3.63) is 95.6 Å². The highest BCUT2D eigenvalue weighted by molar-refractivity contribution is 7.89. The standard InChI is InChI=1S/C27H30N2O5S/c1-33-25-13-12-24(18-26(25)35(31,32)29-14-16-34-17-15-29)19-27(30)28(20-22-8-4-2-5-9-22)21-23-10-6-3-7-11-23/h2-13,18H,14-17,19-21H2,1H3. The van der Waals surface area contributed by atoms with Crippen LogP contribution in [0.2, 0.25) is 0 Å². The second-order valence-electron chi connectivity index (χ2n) is 8.40. The molecule has 1 amide bonds. The maximum atomic E-state index is 13.5. The maximum absolute atomic E-state index is 13.5. The number of benzene rings is 3. The molecule has 3 aromatic carbocycles. The first-order valence-electron chi connectivity index (χ1n) is 11.6. The summed E-state index contributed by atoms with van der Waals surface area (Å²) in [6, 6.07) is 24.6. The lowest BCUT2D eigenvalue weighted by Crippen LogP contribution is -2.40. The average Bonchev–Trinajstić information content (AvgIpc) is 2.90. The van der Waals surface area contributed by atoms with Crippen molar-refractivity contribution in [3.63, 3.8) is 0 Å². The van der Waals surface area contributed by atoms with Crippen LogP contribution in [-0.2, 0) is 39.1 Å². The number of sulfonamides is 1. The first kappa shape index (κ1) is 24.9. The number of ether oxygens (including phenoxy) is 2. The Labute approximate surface area is 206 Å². The molecule has 1 aliphatic rings. The lowest BCUT2D eigenvalue weighted by molar-refractivity contribution is -0.131. The van der Waals surface area contributed by atoms with Gasteiger partial charge in [0.1, 0.15) is 10.6 Å². The van der Waals surface area contributed by atoms with Gasteiger partial charge in [0.15, 0.2) is 0 Å². The van der Waals surface area contributed by atoms with E-state index in [1.54, 1.807) is 23.1 Å². The van der Waals surface area contributed by atoms with Crippen LogP contribution in [0.1, 0.15) is 16.7 Å². The third kappa shape index (κ3) is 6.28. The van der Waals surface area contributed by atoms with Gasteiger partial charge < -0.3 is 14.4 Å². The Bertz CT molecular complexity index is 1190. The molecule has 4 rings (SSSR count). The topological polar surface area (TPSA) is 76.2 Å². The van der Waals surface area contributed by atoms with E-state index >= 15 is 0 Å². The van der Waals surface area contributed by atoms with Crippen molar-refractivity contribution in [2.24, 2.45) is 0 Å². The van der Waals surface area contributed by atoms with Crippen molar-refractivity contribution in [1.29, 1.82) is 0 Å². The van der Waals surface area contributed by atoms with E-state index in [4.69, 9.17) is 9.47 Å². The third-order valence-corrected chi connectivity index (χ3v) is 7.88. The summed E-state index contributed by atoms with van der Waals surface area (Å²) in [6.07, 6.45) is 0.0787. The van der Waals surface area contributed by atoms with Gasteiger partial charge in [0.25, 0.3) is 0 Å². The van der Waals surface area contributed by atoms with E-state index in [0.29, 0.717) is 31.9 Å². The molecule has 1 heterocycles. The van der Waals surface area contributed by atoms with E-state index in [1.165, 1.54) is 11.4 Å². The summed E-state index contributed by atoms with van der Waals surface area (Å²) in [5.41, 5.74) is 2.68. The molecule has 184 valence electrons. The van der Waals surface area contributed by atoms with Crippen LogP contribution < -0.4 is 4.74 Å². The number of amides is 1. The first-order chi connectivity index (χ1) is 17.0. The quantitative estimate of drug-likeness (QED) is 0.455. The fraction of sp³-hybridized carbons (Fsp3) is 0.296. The molecule has 8 heteroatoms. The first-order valence-corrected chi connectivity index (χ1v) is 13.0. The van der Waals surface area contributed by atoms with Crippen molar-refractivity contribution < 1.29 is 22.7 Å². The zero-order valence-electron chi connectivity index (χ0n) is 19.8. The molecule has 0 radical (unpaired) electrons. The van der Waals surface area contributed by atoms with Crippen LogP contribution in [0.5, 0.6) is 5.75 Å². The molecular formula is C27H30N2O5S. The molecule has 3 aromatic rings. The molecule has 0 aliphatic carbocycles. The van der Waals surface area contributed by atoms with Gasteiger partial charge in [-0.1, -0.05) is 66.7 Å². The lowest BCUT2D eigenvalue weighted by Gasteiger charge is -2.27. The highest BCUT2D eigenvalue weighted by atomic mass is 32.2. The third-order valence-electron chi connectivity index (χ3n) is 5.96. The lowest BCUT2D eigenvalue weighted by atomic mass is 10.1. The number of methoxy groups -OCH3 is 1. The SMILES string of the molecule is COc1ccc(CC(=O)N(Cc2ccccc2)Cc2ccccc2)cc1S(=O)(=O)N1CCOCC1. The molecule has 1 fully saturated rings. The van der Waals surface area contributed by atoms with Crippen LogP contribution in [0.3, 0.4) is 0 Å². The number of hydrogen-bond donors (Lipinski definition) is 0. The number of hydrogen-bond acceptors (Lipinski definition) is 5. The summed E-state index contributed by atoms with van der Waals surface area (Å²) in [5, 5.41) is 0. The Morgan fingerprint density at radius 3 is 2.00 bits per heavy atom. The zero-order valence-corrected chi connectivity index (χ0v) is 20.6. The minimum atomic E-state index is -3.78.